The zero-order chi connectivity index (χ0) is 18.4. The topological polar surface area (TPSA) is 77.9 Å². The number of aliphatic hydroxyl groups is 1. The van der Waals surface area contributed by atoms with Crippen LogP contribution in [0.1, 0.15) is 24.0 Å². The predicted molar refractivity (Wildman–Crippen MR) is 95.6 cm³/mol. The van der Waals surface area contributed by atoms with Crippen LogP contribution in [0.3, 0.4) is 0 Å². The average Bonchev–Trinajstić information content (AvgIpc) is 3.27. The summed E-state index contributed by atoms with van der Waals surface area (Å²) in [5.41, 5.74) is 1.68. The van der Waals surface area contributed by atoms with E-state index in [0.717, 1.165) is 24.0 Å². The van der Waals surface area contributed by atoms with Gasteiger partial charge in [0, 0.05) is 33.1 Å². The van der Waals surface area contributed by atoms with Gasteiger partial charge in [0.15, 0.2) is 0 Å². The Balaban J connectivity index is 1.73. The van der Waals surface area contributed by atoms with Gasteiger partial charge in [-0.3, -0.25) is 4.79 Å². The summed E-state index contributed by atoms with van der Waals surface area (Å²) in [5, 5.41) is 10.3. The molecule has 0 spiro atoms. The van der Waals surface area contributed by atoms with E-state index >= 15 is 0 Å². The fourth-order valence-electron chi connectivity index (χ4n) is 3.53. The highest BCUT2D eigenvalue weighted by atomic mass is 32.2. The van der Waals surface area contributed by atoms with Gasteiger partial charge < -0.3 is 10.0 Å². The largest absolute Gasteiger partial charge is 0.391 e. The Morgan fingerprint density at radius 1 is 1.24 bits per heavy atom. The van der Waals surface area contributed by atoms with Crippen molar-refractivity contribution in [3.8, 4) is 0 Å². The number of hydrogen-bond acceptors (Lipinski definition) is 4. The van der Waals surface area contributed by atoms with Crippen molar-refractivity contribution < 1.29 is 18.3 Å². The first-order valence-electron chi connectivity index (χ1n) is 8.60. The maximum atomic E-state index is 13.1. The van der Waals surface area contributed by atoms with Gasteiger partial charge in [0.2, 0.25) is 15.9 Å². The third-order valence-corrected chi connectivity index (χ3v) is 7.40. The molecule has 1 saturated carbocycles. The molecule has 1 aliphatic carbocycles. The van der Waals surface area contributed by atoms with E-state index in [-0.39, 0.29) is 18.2 Å². The number of amides is 1. The lowest BCUT2D eigenvalue weighted by molar-refractivity contribution is -0.133. The number of β-amino-alcohol motifs (C(OH)–C–C–N with tert-alkyl or cyclic N) is 1. The number of benzene rings is 1. The van der Waals surface area contributed by atoms with E-state index < -0.39 is 27.5 Å². The molecule has 25 heavy (non-hydrogen) atoms. The summed E-state index contributed by atoms with van der Waals surface area (Å²) in [7, 11) is -0.440. The van der Waals surface area contributed by atoms with Crippen molar-refractivity contribution in [2.45, 2.75) is 31.3 Å². The molecule has 2 atom stereocenters. The van der Waals surface area contributed by atoms with Gasteiger partial charge in [-0.05, 0) is 25.3 Å². The lowest BCUT2D eigenvalue weighted by Gasteiger charge is -2.23. The van der Waals surface area contributed by atoms with Crippen LogP contribution in [0, 0.1) is 12.8 Å². The summed E-state index contributed by atoms with van der Waals surface area (Å²) in [6, 6.07) is 8.02. The second kappa shape index (κ2) is 6.37. The predicted octanol–water partition coefficient (Wildman–Crippen LogP) is 0.737. The van der Waals surface area contributed by atoms with E-state index in [1.807, 2.05) is 31.2 Å². The van der Waals surface area contributed by atoms with Gasteiger partial charge in [0.25, 0.3) is 0 Å². The number of carbonyl (C=O) groups excluding carboxylic acids is 1. The van der Waals surface area contributed by atoms with Crippen LogP contribution in [0.15, 0.2) is 24.3 Å². The van der Waals surface area contributed by atoms with Gasteiger partial charge in [0.1, 0.15) is 0 Å². The average molecular weight is 366 g/mol. The number of sulfonamides is 1. The molecule has 1 aromatic rings. The van der Waals surface area contributed by atoms with Crippen molar-refractivity contribution >= 4 is 15.9 Å². The molecule has 2 aliphatic rings. The van der Waals surface area contributed by atoms with E-state index in [2.05, 4.69) is 0 Å². The minimum atomic E-state index is -3.41. The molecule has 3 rings (SSSR count). The molecule has 0 radical (unpaired) electrons. The van der Waals surface area contributed by atoms with Gasteiger partial charge in [-0.2, -0.15) is 0 Å². The molecule has 1 heterocycles. The van der Waals surface area contributed by atoms with Gasteiger partial charge in [-0.1, -0.05) is 29.8 Å². The van der Waals surface area contributed by atoms with E-state index in [1.54, 1.807) is 4.90 Å². The normalized spacial score (nSPS) is 25.4. The highest BCUT2D eigenvalue weighted by Gasteiger charge is 2.54. The highest BCUT2D eigenvalue weighted by molar-refractivity contribution is 7.89. The number of hydrogen-bond donors (Lipinski definition) is 1. The Kier molecular flexibility index (Phi) is 4.68. The molecular formula is C18H26N2O4S. The lowest BCUT2D eigenvalue weighted by atomic mass is 9.93. The molecule has 1 N–H and O–H groups in total. The van der Waals surface area contributed by atoms with Crippen molar-refractivity contribution in [2.75, 3.05) is 32.9 Å². The molecule has 0 unspecified atom stereocenters. The minimum Gasteiger partial charge on any atom is -0.391 e. The highest BCUT2D eigenvalue weighted by Crippen LogP contribution is 2.50. The standard InChI is InChI=1S/C18H26N2O4S/c1-13-4-6-15(7-5-13)18(8-9-18)17(22)20-10-14(16(21)11-20)12-25(23,24)19(2)3/h4-7,14,16,21H,8-12H2,1-3H3/t14-,16+/m0/s1. The fourth-order valence-corrected chi connectivity index (χ4v) is 4.70. The van der Waals surface area contributed by atoms with E-state index in [4.69, 9.17) is 0 Å². The van der Waals surface area contributed by atoms with Crippen molar-refractivity contribution in [1.29, 1.82) is 0 Å². The zero-order valence-electron chi connectivity index (χ0n) is 15.0. The first-order chi connectivity index (χ1) is 11.7. The number of aliphatic hydroxyl groups excluding tert-OH is 1. The first kappa shape index (κ1) is 18.4. The summed E-state index contributed by atoms with van der Waals surface area (Å²) in [6.45, 7) is 2.51. The number of rotatable bonds is 5. The second-order valence-corrected chi connectivity index (χ2v) is 9.77. The molecule has 1 amide bonds. The summed E-state index contributed by atoms with van der Waals surface area (Å²) in [4.78, 5) is 14.7. The van der Waals surface area contributed by atoms with Gasteiger partial charge >= 0.3 is 0 Å². The van der Waals surface area contributed by atoms with Crippen LogP contribution >= 0.6 is 0 Å². The minimum absolute atomic E-state index is 0.0140. The monoisotopic (exact) mass is 366 g/mol. The summed E-state index contributed by atoms with van der Waals surface area (Å²) in [5.74, 6) is -0.562. The molecule has 1 saturated heterocycles. The van der Waals surface area contributed by atoms with Crippen LogP contribution < -0.4 is 0 Å². The third kappa shape index (κ3) is 3.45. The number of carbonyl (C=O) groups is 1. The molecule has 2 fully saturated rings. The van der Waals surface area contributed by atoms with Crippen LogP contribution in [0.5, 0.6) is 0 Å². The molecule has 1 aliphatic heterocycles. The maximum absolute atomic E-state index is 13.1. The Morgan fingerprint density at radius 3 is 2.36 bits per heavy atom. The second-order valence-electron chi connectivity index (χ2n) is 7.55. The maximum Gasteiger partial charge on any atom is 0.233 e. The smallest absolute Gasteiger partial charge is 0.233 e. The van der Waals surface area contributed by atoms with Crippen LogP contribution in [0.2, 0.25) is 0 Å². The first-order valence-corrected chi connectivity index (χ1v) is 10.2. The van der Waals surface area contributed by atoms with E-state index in [1.165, 1.54) is 18.4 Å². The van der Waals surface area contributed by atoms with Crippen LogP contribution in [0.4, 0.5) is 0 Å². The van der Waals surface area contributed by atoms with Crippen molar-refractivity contribution in [3.63, 3.8) is 0 Å². The Bertz CT molecular complexity index is 754. The molecule has 7 heteroatoms. The van der Waals surface area contributed by atoms with Crippen molar-refractivity contribution in [3.05, 3.63) is 35.4 Å². The molecule has 138 valence electrons. The van der Waals surface area contributed by atoms with Crippen LogP contribution in [0.25, 0.3) is 0 Å². The Morgan fingerprint density at radius 2 is 1.84 bits per heavy atom. The molecule has 1 aromatic carbocycles. The summed E-state index contributed by atoms with van der Waals surface area (Å²) >= 11 is 0. The van der Waals surface area contributed by atoms with Crippen LogP contribution in [-0.4, -0.2) is 67.7 Å². The Hall–Kier alpha value is -1.44. The fraction of sp³-hybridized carbons (Fsp3) is 0.611. The zero-order valence-corrected chi connectivity index (χ0v) is 15.8. The van der Waals surface area contributed by atoms with Gasteiger partial charge in [0.05, 0.1) is 17.3 Å². The quantitative estimate of drug-likeness (QED) is 0.834. The molecular weight excluding hydrogens is 340 g/mol. The molecule has 6 nitrogen and oxygen atoms in total. The molecule has 0 aromatic heterocycles. The van der Waals surface area contributed by atoms with Crippen molar-refractivity contribution in [2.24, 2.45) is 5.92 Å². The van der Waals surface area contributed by atoms with E-state index in [9.17, 15) is 18.3 Å². The number of likely N-dealkylation sites (tertiary alicyclic amines) is 1. The van der Waals surface area contributed by atoms with Crippen molar-refractivity contribution in [1.82, 2.24) is 9.21 Å². The Labute approximate surface area is 149 Å². The SMILES string of the molecule is Cc1ccc(C2(C(=O)N3C[C@@H](CS(=O)(=O)N(C)C)[C@H](O)C3)CC2)cc1. The van der Waals surface area contributed by atoms with Gasteiger partial charge in [-0.25, -0.2) is 12.7 Å². The number of nitrogens with zero attached hydrogens (tertiary/aromatic N) is 2. The van der Waals surface area contributed by atoms with Gasteiger partial charge in [-0.15, -0.1) is 0 Å². The summed E-state index contributed by atoms with van der Waals surface area (Å²) < 4.78 is 25.3. The number of aryl methyl sites for hydroxylation is 1. The third-order valence-electron chi connectivity index (χ3n) is 5.44. The molecule has 0 bridgehead atoms. The lowest BCUT2D eigenvalue weighted by Crippen LogP contribution is -2.38. The van der Waals surface area contributed by atoms with Crippen LogP contribution in [-0.2, 0) is 20.2 Å². The van der Waals surface area contributed by atoms with E-state index in [0.29, 0.717) is 6.54 Å². The summed E-state index contributed by atoms with van der Waals surface area (Å²) in [6.07, 6.45) is 0.817.